The molecule has 1 aliphatic heterocycles. The van der Waals surface area contributed by atoms with E-state index in [-0.39, 0.29) is 11.5 Å². The Hall–Kier alpha value is -0.130. The highest BCUT2D eigenvalue weighted by atomic mass is 32.2. The molecule has 1 saturated heterocycles. The summed E-state index contributed by atoms with van der Waals surface area (Å²) in [6.07, 6.45) is 2.12. The van der Waals surface area contributed by atoms with Crippen LogP contribution >= 0.6 is 0 Å². The van der Waals surface area contributed by atoms with Crippen LogP contribution in [0.4, 0.5) is 0 Å². The van der Waals surface area contributed by atoms with Gasteiger partial charge in [0, 0.05) is 18.6 Å². The largest absolute Gasteiger partial charge is 0.300 e. The molecule has 1 aliphatic rings. The molecule has 5 heteroatoms. The zero-order valence-electron chi connectivity index (χ0n) is 10.9. The Labute approximate surface area is 99.5 Å². The minimum Gasteiger partial charge on any atom is -0.300 e. The van der Waals surface area contributed by atoms with Crippen LogP contribution in [0.1, 0.15) is 34.1 Å². The number of rotatable bonds is 3. The Morgan fingerprint density at radius 2 is 1.94 bits per heavy atom. The number of piperidine rings is 1. The van der Waals surface area contributed by atoms with Gasteiger partial charge in [-0.3, -0.25) is 0 Å². The number of nitrogens with one attached hydrogen (secondary N) is 1. The first-order chi connectivity index (χ1) is 7.12. The molecule has 96 valence electrons. The van der Waals surface area contributed by atoms with Crippen LogP contribution in [0, 0.1) is 5.41 Å². The molecule has 0 aromatic heterocycles. The van der Waals surface area contributed by atoms with Gasteiger partial charge in [-0.25, -0.2) is 13.1 Å². The predicted octanol–water partition coefficient (Wildman–Crippen LogP) is 1.04. The predicted molar refractivity (Wildman–Crippen MR) is 66.9 cm³/mol. The molecule has 4 nitrogen and oxygen atoms in total. The standard InChI is InChI=1S/C11H24N2O2S/c1-9(2)13-7-6-10(11(3,4)8-13)12-16(5,14)15/h9-10,12H,6-8H2,1-5H3. The third-order valence-corrected chi connectivity index (χ3v) is 4.06. The molecule has 0 amide bonds. The second-order valence-electron chi connectivity index (χ2n) is 5.78. The van der Waals surface area contributed by atoms with Crippen LogP contribution in [0.2, 0.25) is 0 Å². The first-order valence-electron chi connectivity index (χ1n) is 5.83. The van der Waals surface area contributed by atoms with E-state index in [9.17, 15) is 8.42 Å². The molecule has 1 atom stereocenters. The molecule has 0 aromatic rings. The van der Waals surface area contributed by atoms with Crippen LogP contribution in [0.5, 0.6) is 0 Å². The first kappa shape index (κ1) is 13.9. The highest BCUT2D eigenvalue weighted by Crippen LogP contribution is 2.30. The summed E-state index contributed by atoms with van der Waals surface area (Å²) in [5.74, 6) is 0. The minimum atomic E-state index is -3.10. The van der Waals surface area contributed by atoms with Crippen molar-refractivity contribution < 1.29 is 8.42 Å². The highest BCUT2D eigenvalue weighted by Gasteiger charge is 2.37. The Bertz CT molecular complexity index is 336. The fourth-order valence-electron chi connectivity index (χ4n) is 2.32. The van der Waals surface area contributed by atoms with E-state index in [0.717, 1.165) is 19.5 Å². The Morgan fingerprint density at radius 3 is 2.31 bits per heavy atom. The van der Waals surface area contributed by atoms with Crippen LogP contribution in [0.25, 0.3) is 0 Å². The van der Waals surface area contributed by atoms with Crippen molar-refractivity contribution in [2.24, 2.45) is 5.41 Å². The van der Waals surface area contributed by atoms with Gasteiger partial charge in [-0.15, -0.1) is 0 Å². The fraction of sp³-hybridized carbons (Fsp3) is 1.00. The summed E-state index contributed by atoms with van der Waals surface area (Å²) in [7, 11) is -3.10. The number of nitrogens with zero attached hydrogens (tertiary/aromatic N) is 1. The molecule has 1 fully saturated rings. The Morgan fingerprint density at radius 1 is 1.38 bits per heavy atom. The topological polar surface area (TPSA) is 49.4 Å². The summed E-state index contributed by atoms with van der Waals surface area (Å²) in [4.78, 5) is 2.40. The van der Waals surface area contributed by atoms with Crippen molar-refractivity contribution in [1.82, 2.24) is 9.62 Å². The van der Waals surface area contributed by atoms with E-state index in [2.05, 4.69) is 37.3 Å². The number of likely N-dealkylation sites (tertiary alicyclic amines) is 1. The van der Waals surface area contributed by atoms with E-state index in [1.165, 1.54) is 6.26 Å². The smallest absolute Gasteiger partial charge is 0.208 e. The zero-order chi connectivity index (χ0) is 12.6. The molecular weight excluding hydrogens is 224 g/mol. The molecule has 1 rings (SSSR count). The molecule has 16 heavy (non-hydrogen) atoms. The first-order valence-corrected chi connectivity index (χ1v) is 7.72. The van der Waals surface area contributed by atoms with Gasteiger partial charge >= 0.3 is 0 Å². The Balaban J connectivity index is 2.71. The average molecular weight is 248 g/mol. The van der Waals surface area contributed by atoms with Gasteiger partial charge in [0.05, 0.1) is 6.26 Å². The lowest BCUT2D eigenvalue weighted by Crippen LogP contribution is -2.56. The van der Waals surface area contributed by atoms with E-state index in [1.807, 2.05) is 0 Å². The van der Waals surface area contributed by atoms with Crippen molar-refractivity contribution in [3.8, 4) is 0 Å². The van der Waals surface area contributed by atoms with Gasteiger partial charge in [-0.1, -0.05) is 13.8 Å². The third-order valence-electron chi connectivity index (χ3n) is 3.35. The van der Waals surface area contributed by atoms with Crippen molar-refractivity contribution in [2.75, 3.05) is 19.3 Å². The summed E-state index contributed by atoms with van der Waals surface area (Å²) in [5, 5.41) is 0. The maximum absolute atomic E-state index is 11.3. The van der Waals surface area contributed by atoms with Crippen molar-refractivity contribution in [2.45, 2.75) is 46.2 Å². The van der Waals surface area contributed by atoms with E-state index < -0.39 is 10.0 Å². The van der Waals surface area contributed by atoms with Gasteiger partial charge in [-0.2, -0.15) is 0 Å². The quantitative estimate of drug-likeness (QED) is 0.812. The van der Waals surface area contributed by atoms with Crippen LogP contribution in [-0.2, 0) is 10.0 Å². The number of sulfonamides is 1. The van der Waals surface area contributed by atoms with E-state index in [1.54, 1.807) is 0 Å². The molecule has 0 saturated carbocycles. The monoisotopic (exact) mass is 248 g/mol. The SMILES string of the molecule is CC(C)N1CCC(NS(C)(=O)=O)C(C)(C)C1. The van der Waals surface area contributed by atoms with Crippen molar-refractivity contribution >= 4 is 10.0 Å². The minimum absolute atomic E-state index is 0.00833. The van der Waals surface area contributed by atoms with Gasteiger partial charge in [-0.05, 0) is 32.2 Å². The third kappa shape index (κ3) is 3.71. The normalized spacial score (nSPS) is 27.2. The summed E-state index contributed by atoms with van der Waals surface area (Å²) in [5.41, 5.74) is -0.00833. The molecule has 0 aromatic carbocycles. The van der Waals surface area contributed by atoms with E-state index >= 15 is 0 Å². The zero-order valence-corrected chi connectivity index (χ0v) is 11.8. The van der Waals surface area contributed by atoms with Gasteiger partial charge in [0.2, 0.25) is 10.0 Å². The lowest BCUT2D eigenvalue weighted by Gasteiger charge is -2.45. The van der Waals surface area contributed by atoms with Crippen LogP contribution < -0.4 is 4.72 Å². The molecule has 0 radical (unpaired) electrons. The number of hydrogen-bond acceptors (Lipinski definition) is 3. The fourth-order valence-corrected chi connectivity index (χ4v) is 3.27. The van der Waals surface area contributed by atoms with Gasteiger partial charge in [0.25, 0.3) is 0 Å². The molecule has 0 aliphatic carbocycles. The second-order valence-corrected chi connectivity index (χ2v) is 7.56. The molecule has 1 unspecified atom stereocenters. The van der Waals surface area contributed by atoms with Crippen LogP contribution in [0.15, 0.2) is 0 Å². The maximum atomic E-state index is 11.3. The van der Waals surface area contributed by atoms with Gasteiger partial charge in [0.15, 0.2) is 0 Å². The maximum Gasteiger partial charge on any atom is 0.208 e. The van der Waals surface area contributed by atoms with E-state index in [4.69, 9.17) is 0 Å². The highest BCUT2D eigenvalue weighted by molar-refractivity contribution is 7.88. The Kier molecular flexibility index (Phi) is 4.03. The molecule has 0 spiro atoms. The summed E-state index contributed by atoms with van der Waals surface area (Å²) >= 11 is 0. The van der Waals surface area contributed by atoms with Crippen molar-refractivity contribution in [3.05, 3.63) is 0 Å². The second kappa shape index (κ2) is 4.63. The molecule has 1 N–H and O–H groups in total. The van der Waals surface area contributed by atoms with Crippen molar-refractivity contribution in [1.29, 1.82) is 0 Å². The molecule has 1 heterocycles. The van der Waals surface area contributed by atoms with Gasteiger partial charge in [0.1, 0.15) is 0 Å². The molecule has 0 bridgehead atoms. The lowest BCUT2D eigenvalue weighted by atomic mass is 9.79. The van der Waals surface area contributed by atoms with Crippen LogP contribution in [-0.4, -0.2) is 44.7 Å². The van der Waals surface area contributed by atoms with Gasteiger partial charge < -0.3 is 4.90 Å². The summed E-state index contributed by atoms with van der Waals surface area (Å²) in [6, 6.07) is 0.580. The summed E-state index contributed by atoms with van der Waals surface area (Å²) in [6.45, 7) is 10.5. The number of hydrogen-bond donors (Lipinski definition) is 1. The van der Waals surface area contributed by atoms with E-state index in [0.29, 0.717) is 6.04 Å². The summed E-state index contributed by atoms with van der Waals surface area (Å²) < 4.78 is 25.3. The molecular formula is C11H24N2O2S. The average Bonchev–Trinajstić information content (AvgIpc) is 2.05. The van der Waals surface area contributed by atoms with Crippen molar-refractivity contribution in [3.63, 3.8) is 0 Å². The lowest BCUT2D eigenvalue weighted by molar-refractivity contribution is 0.0663. The van der Waals surface area contributed by atoms with Crippen LogP contribution in [0.3, 0.4) is 0 Å².